The number of rotatable bonds is 4. The highest BCUT2D eigenvalue weighted by atomic mass is 32.1. The fourth-order valence-electron chi connectivity index (χ4n) is 1.46. The minimum atomic E-state index is -0.436. The van der Waals surface area contributed by atoms with E-state index in [9.17, 15) is 9.90 Å². The summed E-state index contributed by atoms with van der Waals surface area (Å²) in [4.78, 5) is 11.5. The number of nitrogens with zero attached hydrogens (tertiary/aromatic N) is 3. The number of benzene rings is 1. The van der Waals surface area contributed by atoms with Crippen LogP contribution in [0.3, 0.4) is 0 Å². The first-order chi connectivity index (χ1) is 9.61. The van der Waals surface area contributed by atoms with Crippen LogP contribution in [0.4, 0.5) is 0 Å². The van der Waals surface area contributed by atoms with Crippen LogP contribution in [0, 0.1) is 4.77 Å². The van der Waals surface area contributed by atoms with E-state index >= 15 is 0 Å². The van der Waals surface area contributed by atoms with Gasteiger partial charge in [0.15, 0.2) is 11.5 Å². The van der Waals surface area contributed by atoms with E-state index in [1.807, 2.05) is 6.92 Å². The summed E-state index contributed by atoms with van der Waals surface area (Å²) < 4.78 is 6.36. The highest BCUT2D eigenvalue weighted by Gasteiger charge is 2.02. The van der Waals surface area contributed by atoms with E-state index < -0.39 is 5.56 Å². The second-order valence-corrected chi connectivity index (χ2v) is 4.12. The number of aromatic hydroxyl groups is 1. The van der Waals surface area contributed by atoms with Crippen LogP contribution in [0.2, 0.25) is 0 Å². The van der Waals surface area contributed by atoms with Gasteiger partial charge in [0, 0.05) is 0 Å². The van der Waals surface area contributed by atoms with Gasteiger partial charge in [-0.05, 0) is 42.9 Å². The van der Waals surface area contributed by atoms with E-state index in [0.29, 0.717) is 17.9 Å². The molecule has 0 radical (unpaired) electrons. The van der Waals surface area contributed by atoms with Crippen molar-refractivity contribution in [3.05, 3.63) is 45.1 Å². The molecular formula is C12H12N4O3S. The smallest absolute Gasteiger partial charge is 0.293 e. The highest BCUT2D eigenvalue weighted by Crippen LogP contribution is 2.26. The zero-order valence-electron chi connectivity index (χ0n) is 10.6. The molecule has 104 valence electrons. The quantitative estimate of drug-likeness (QED) is 0.654. The zero-order chi connectivity index (χ0) is 14.5. The van der Waals surface area contributed by atoms with E-state index in [4.69, 9.17) is 17.0 Å². The molecule has 2 N–H and O–H groups in total. The van der Waals surface area contributed by atoms with Crippen LogP contribution < -0.4 is 10.3 Å². The van der Waals surface area contributed by atoms with Crippen molar-refractivity contribution in [2.24, 2.45) is 5.10 Å². The monoisotopic (exact) mass is 292 g/mol. The van der Waals surface area contributed by atoms with E-state index in [-0.39, 0.29) is 10.5 Å². The molecule has 0 saturated heterocycles. The van der Waals surface area contributed by atoms with Gasteiger partial charge in [0.2, 0.25) is 4.77 Å². The maximum absolute atomic E-state index is 11.5. The summed E-state index contributed by atoms with van der Waals surface area (Å²) in [6.45, 7) is 2.25. The minimum Gasteiger partial charge on any atom is -0.504 e. The Labute approximate surface area is 119 Å². The van der Waals surface area contributed by atoms with E-state index in [0.717, 1.165) is 10.9 Å². The van der Waals surface area contributed by atoms with Gasteiger partial charge in [-0.2, -0.15) is 14.9 Å². The van der Waals surface area contributed by atoms with Crippen LogP contribution in [0.1, 0.15) is 12.5 Å². The van der Waals surface area contributed by atoms with Gasteiger partial charge < -0.3 is 9.84 Å². The van der Waals surface area contributed by atoms with Gasteiger partial charge in [0.05, 0.1) is 12.8 Å². The molecule has 0 aliphatic rings. The lowest BCUT2D eigenvalue weighted by Crippen LogP contribution is -2.18. The molecule has 0 aliphatic carbocycles. The van der Waals surface area contributed by atoms with Crippen molar-refractivity contribution >= 4 is 18.4 Å². The van der Waals surface area contributed by atoms with Crippen molar-refractivity contribution < 1.29 is 9.84 Å². The molecule has 0 amide bonds. The van der Waals surface area contributed by atoms with Crippen molar-refractivity contribution in [3.63, 3.8) is 0 Å². The summed E-state index contributed by atoms with van der Waals surface area (Å²) in [6.07, 6.45) is 2.52. The molecule has 0 saturated carbocycles. The van der Waals surface area contributed by atoms with Crippen LogP contribution in [0.25, 0.3) is 0 Å². The van der Waals surface area contributed by atoms with Crippen LogP contribution in [0.5, 0.6) is 11.5 Å². The average Bonchev–Trinajstić information content (AvgIpc) is 2.42. The Bertz CT molecular complexity index is 723. The van der Waals surface area contributed by atoms with Gasteiger partial charge in [-0.3, -0.25) is 9.89 Å². The fraction of sp³-hybridized carbons (Fsp3) is 0.167. The maximum atomic E-state index is 11.5. The molecule has 0 aliphatic heterocycles. The molecule has 0 fully saturated rings. The van der Waals surface area contributed by atoms with Crippen molar-refractivity contribution in [3.8, 4) is 11.5 Å². The molecule has 1 aromatic carbocycles. The Hall–Kier alpha value is -2.48. The summed E-state index contributed by atoms with van der Waals surface area (Å²) in [7, 11) is 0. The van der Waals surface area contributed by atoms with E-state index in [1.165, 1.54) is 12.3 Å². The number of ether oxygens (including phenoxy) is 1. The zero-order valence-corrected chi connectivity index (χ0v) is 11.4. The predicted octanol–water partition coefficient (Wildman–Crippen LogP) is 1.29. The first kappa shape index (κ1) is 13.9. The van der Waals surface area contributed by atoms with Crippen LogP contribution >= 0.6 is 12.2 Å². The first-order valence-electron chi connectivity index (χ1n) is 5.78. The number of hydrogen-bond acceptors (Lipinski definition) is 6. The molecular weight excluding hydrogens is 280 g/mol. The summed E-state index contributed by atoms with van der Waals surface area (Å²) in [5.74, 6) is 0.394. The second-order valence-electron chi connectivity index (χ2n) is 3.73. The molecule has 0 unspecified atom stereocenters. The Morgan fingerprint density at radius 1 is 1.60 bits per heavy atom. The highest BCUT2D eigenvalue weighted by molar-refractivity contribution is 7.71. The van der Waals surface area contributed by atoms with E-state index in [1.54, 1.807) is 12.1 Å². The van der Waals surface area contributed by atoms with Gasteiger partial charge in [-0.15, -0.1) is 0 Å². The third-order valence-corrected chi connectivity index (χ3v) is 2.61. The van der Waals surface area contributed by atoms with Crippen molar-refractivity contribution in [1.29, 1.82) is 0 Å². The molecule has 1 heterocycles. The van der Waals surface area contributed by atoms with Crippen molar-refractivity contribution in [1.82, 2.24) is 14.9 Å². The lowest BCUT2D eigenvalue weighted by molar-refractivity contribution is 0.318. The summed E-state index contributed by atoms with van der Waals surface area (Å²) >= 11 is 4.91. The number of phenolic OH excluding ortho intramolecular Hbond substituents is 1. The van der Waals surface area contributed by atoms with Crippen molar-refractivity contribution in [2.45, 2.75) is 6.92 Å². The molecule has 7 nitrogen and oxygen atoms in total. The normalized spacial score (nSPS) is 10.8. The largest absolute Gasteiger partial charge is 0.504 e. The number of hydrogen-bond donors (Lipinski definition) is 2. The number of H-pyrrole nitrogens is 1. The van der Waals surface area contributed by atoms with Crippen molar-refractivity contribution in [2.75, 3.05) is 6.61 Å². The second kappa shape index (κ2) is 6.11. The first-order valence-corrected chi connectivity index (χ1v) is 6.19. The third kappa shape index (κ3) is 3.09. The summed E-state index contributed by atoms with van der Waals surface area (Å²) in [5, 5.41) is 19.6. The lowest BCUT2D eigenvalue weighted by Gasteiger charge is -2.05. The average molecular weight is 292 g/mol. The Morgan fingerprint density at radius 2 is 2.40 bits per heavy atom. The summed E-state index contributed by atoms with van der Waals surface area (Å²) in [6, 6.07) is 4.74. The third-order valence-electron chi connectivity index (χ3n) is 2.34. The van der Waals surface area contributed by atoms with Gasteiger partial charge >= 0.3 is 0 Å². The standard InChI is InChI=1S/C12H12N4O3S/c1-2-19-10-5-8(3-4-9(10)17)6-14-16-11(18)7-13-15-12(16)20/h3-7,17H,2H2,1H3,(H,15,20)/b14-6+. The Morgan fingerprint density at radius 3 is 3.10 bits per heavy atom. The van der Waals surface area contributed by atoms with Gasteiger partial charge in [-0.1, -0.05) is 0 Å². The molecule has 0 bridgehead atoms. The Balaban J connectivity index is 2.35. The molecule has 0 spiro atoms. The number of phenols is 1. The Kier molecular flexibility index (Phi) is 4.26. The fourth-order valence-corrected chi connectivity index (χ4v) is 1.65. The maximum Gasteiger partial charge on any atom is 0.293 e. The van der Waals surface area contributed by atoms with E-state index in [2.05, 4.69) is 15.3 Å². The number of nitrogens with one attached hydrogen (secondary N) is 1. The lowest BCUT2D eigenvalue weighted by atomic mass is 10.2. The predicted molar refractivity (Wildman–Crippen MR) is 75.9 cm³/mol. The molecule has 20 heavy (non-hydrogen) atoms. The molecule has 2 rings (SSSR count). The van der Waals surface area contributed by atoms with Crippen LogP contribution in [-0.2, 0) is 0 Å². The van der Waals surface area contributed by atoms with Gasteiger partial charge in [0.1, 0.15) is 6.20 Å². The molecule has 2 aromatic rings. The summed E-state index contributed by atoms with van der Waals surface area (Å²) in [5.41, 5.74) is 0.221. The molecule has 0 atom stereocenters. The molecule has 8 heteroatoms. The minimum absolute atomic E-state index is 0.0439. The SMILES string of the molecule is CCOc1cc(/C=N/n2c(=O)cn[nH]c2=S)ccc1O. The van der Waals surface area contributed by atoms with Gasteiger partial charge in [0.25, 0.3) is 5.56 Å². The van der Waals surface area contributed by atoms with Crippen LogP contribution in [-0.4, -0.2) is 32.8 Å². The number of aromatic nitrogens is 3. The number of aromatic amines is 1. The van der Waals surface area contributed by atoms with Gasteiger partial charge in [-0.25, -0.2) is 0 Å². The molecule has 1 aromatic heterocycles. The topological polar surface area (TPSA) is 92.5 Å². The van der Waals surface area contributed by atoms with Crippen LogP contribution in [0.15, 0.2) is 34.3 Å².